The summed E-state index contributed by atoms with van der Waals surface area (Å²) in [4.78, 5) is 24.5. The summed E-state index contributed by atoms with van der Waals surface area (Å²) < 4.78 is 5.47. The number of hydrogen-bond acceptors (Lipinski definition) is 5. The van der Waals surface area contributed by atoms with Crippen molar-refractivity contribution in [3.05, 3.63) is 12.2 Å². The van der Waals surface area contributed by atoms with Gasteiger partial charge in [0.15, 0.2) is 0 Å². The van der Waals surface area contributed by atoms with E-state index >= 15 is 0 Å². The van der Waals surface area contributed by atoms with Gasteiger partial charge in [-0.25, -0.2) is 0 Å². The van der Waals surface area contributed by atoms with Gasteiger partial charge in [-0.05, 0) is 32.1 Å². The lowest BCUT2D eigenvalue weighted by molar-refractivity contribution is -0.143. The van der Waals surface area contributed by atoms with E-state index in [1.165, 1.54) is 302 Å². The van der Waals surface area contributed by atoms with Crippen LogP contribution < -0.4 is 5.32 Å². The Labute approximate surface area is 444 Å². The Morgan fingerprint density at radius 2 is 0.648 bits per heavy atom. The second kappa shape index (κ2) is 61.1. The molecule has 0 aromatic heterocycles. The summed E-state index contributed by atoms with van der Waals surface area (Å²) in [5.41, 5.74) is 0. The van der Waals surface area contributed by atoms with Crippen LogP contribution in [0.1, 0.15) is 367 Å². The third-order valence-electron chi connectivity index (χ3n) is 15.3. The minimum absolute atomic E-state index is 0.0200. The third kappa shape index (κ3) is 57.7. The maximum absolute atomic E-state index is 12.5. The molecule has 0 aromatic carbocycles. The standard InChI is InChI=1S/C65H127NO5/c1-3-5-7-9-11-13-15-34-38-41-45-49-53-57-63(68)62(61-67)66-64(69)58-54-50-46-42-39-35-32-30-28-26-24-22-20-18-16-17-19-21-23-25-27-29-31-33-36-40-44-48-52-56-60-71-65(70)59-55-51-47-43-37-14-12-10-8-6-4-2/h53,57,62-63,67-68H,3-52,54-56,58-61H2,1-2H3,(H,66,69)/b57-53+. The molecule has 0 fully saturated rings. The maximum atomic E-state index is 12.5. The SMILES string of the molecule is CCCCCCCCCCCCC/C=C/C(O)C(CO)NC(=O)CCCCCCCCCCCCCCCCCCCCCCCCCCCCCCCCOC(=O)CCCCCCCCCCCCC. The van der Waals surface area contributed by atoms with Crippen LogP contribution in [0, 0.1) is 0 Å². The van der Waals surface area contributed by atoms with Crippen LogP contribution in [0.3, 0.4) is 0 Å². The molecular formula is C65H127NO5. The fourth-order valence-electron chi connectivity index (χ4n) is 10.3. The smallest absolute Gasteiger partial charge is 0.305 e. The first-order chi connectivity index (χ1) is 35.0. The van der Waals surface area contributed by atoms with E-state index in [4.69, 9.17) is 4.74 Å². The highest BCUT2D eigenvalue weighted by molar-refractivity contribution is 5.76. The van der Waals surface area contributed by atoms with Crippen molar-refractivity contribution >= 4 is 11.9 Å². The molecule has 2 atom stereocenters. The van der Waals surface area contributed by atoms with E-state index in [1.54, 1.807) is 6.08 Å². The van der Waals surface area contributed by atoms with E-state index in [1.807, 2.05) is 6.08 Å². The Kier molecular flexibility index (Phi) is 59.9. The molecule has 71 heavy (non-hydrogen) atoms. The van der Waals surface area contributed by atoms with Gasteiger partial charge in [0.1, 0.15) is 0 Å². The number of nitrogens with one attached hydrogen (secondary N) is 1. The second-order valence-corrected chi connectivity index (χ2v) is 22.5. The number of amides is 1. The van der Waals surface area contributed by atoms with Crippen LogP contribution in [-0.2, 0) is 14.3 Å². The van der Waals surface area contributed by atoms with E-state index < -0.39 is 12.1 Å². The number of rotatable bonds is 61. The van der Waals surface area contributed by atoms with Crippen LogP contribution in [-0.4, -0.2) is 47.4 Å². The minimum atomic E-state index is -0.840. The van der Waals surface area contributed by atoms with E-state index in [9.17, 15) is 19.8 Å². The van der Waals surface area contributed by atoms with Crippen molar-refractivity contribution in [2.24, 2.45) is 0 Å². The van der Waals surface area contributed by atoms with Crippen molar-refractivity contribution in [1.82, 2.24) is 5.32 Å². The summed E-state index contributed by atoms with van der Waals surface area (Å²) >= 11 is 0. The lowest BCUT2D eigenvalue weighted by Crippen LogP contribution is -2.45. The minimum Gasteiger partial charge on any atom is -0.466 e. The topological polar surface area (TPSA) is 95.9 Å². The first-order valence-corrected chi connectivity index (χ1v) is 32.5. The summed E-state index contributed by atoms with van der Waals surface area (Å²) in [7, 11) is 0. The van der Waals surface area contributed by atoms with Crippen LogP contribution in [0.4, 0.5) is 0 Å². The molecule has 3 N–H and O–H groups in total. The molecule has 0 bridgehead atoms. The number of ether oxygens (including phenoxy) is 1. The molecule has 0 rings (SSSR count). The predicted octanol–water partition coefficient (Wildman–Crippen LogP) is 20.4. The van der Waals surface area contributed by atoms with E-state index in [-0.39, 0.29) is 18.5 Å². The van der Waals surface area contributed by atoms with Gasteiger partial charge < -0.3 is 20.3 Å². The molecule has 6 nitrogen and oxygen atoms in total. The van der Waals surface area contributed by atoms with Crippen molar-refractivity contribution in [2.75, 3.05) is 13.2 Å². The van der Waals surface area contributed by atoms with Gasteiger partial charge in [-0.3, -0.25) is 9.59 Å². The normalized spacial score (nSPS) is 12.6. The monoisotopic (exact) mass is 1000 g/mol. The molecule has 0 saturated carbocycles. The molecular weight excluding hydrogens is 875 g/mol. The van der Waals surface area contributed by atoms with Crippen molar-refractivity contribution in [1.29, 1.82) is 0 Å². The Morgan fingerprint density at radius 3 is 0.958 bits per heavy atom. The second-order valence-electron chi connectivity index (χ2n) is 22.5. The van der Waals surface area contributed by atoms with Gasteiger partial charge in [0.2, 0.25) is 5.91 Å². The zero-order chi connectivity index (χ0) is 51.4. The molecule has 6 heteroatoms. The molecule has 0 saturated heterocycles. The molecule has 0 aliphatic carbocycles. The summed E-state index contributed by atoms with van der Waals surface area (Å²) in [5.74, 6) is -0.0425. The number of carbonyl (C=O) groups is 2. The van der Waals surface area contributed by atoms with Gasteiger partial charge in [0.25, 0.3) is 0 Å². The molecule has 2 unspecified atom stereocenters. The highest BCUT2D eigenvalue weighted by Gasteiger charge is 2.18. The molecule has 1 amide bonds. The van der Waals surface area contributed by atoms with Crippen LogP contribution in [0.5, 0.6) is 0 Å². The van der Waals surface area contributed by atoms with Crippen molar-refractivity contribution in [3.63, 3.8) is 0 Å². The molecule has 0 radical (unpaired) electrons. The third-order valence-corrected chi connectivity index (χ3v) is 15.3. The van der Waals surface area contributed by atoms with Crippen molar-refractivity contribution in [3.8, 4) is 0 Å². The Bertz CT molecular complexity index is 1060. The average Bonchev–Trinajstić information content (AvgIpc) is 3.37. The van der Waals surface area contributed by atoms with Crippen LogP contribution in [0.15, 0.2) is 12.2 Å². The van der Waals surface area contributed by atoms with Crippen molar-refractivity contribution < 1.29 is 24.5 Å². The quantitative estimate of drug-likeness (QED) is 0.0320. The lowest BCUT2D eigenvalue weighted by Gasteiger charge is -2.20. The Hall–Kier alpha value is -1.40. The maximum Gasteiger partial charge on any atom is 0.305 e. The molecule has 0 spiro atoms. The van der Waals surface area contributed by atoms with Gasteiger partial charge in [0.05, 0.1) is 25.4 Å². The summed E-state index contributed by atoms with van der Waals surface area (Å²) in [6.45, 7) is 4.92. The summed E-state index contributed by atoms with van der Waals surface area (Å²) in [6.07, 6.45) is 74.2. The van der Waals surface area contributed by atoms with Crippen LogP contribution in [0.2, 0.25) is 0 Å². The highest BCUT2D eigenvalue weighted by atomic mass is 16.5. The van der Waals surface area contributed by atoms with E-state index in [0.29, 0.717) is 19.4 Å². The largest absolute Gasteiger partial charge is 0.466 e. The Morgan fingerprint density at radius 1 is 0.380 bits per heavy atom. The average molecular weight is 1000 g/mol. The predicted molar refractivity (Wildman–Crippen MR) is 310 cm³/mol. The molecule has 0 heterocycles. The number of aliphatic hydroxyl groups excluding tert-OH is 2. The van der Waals surface area contributed by atoms with Gasteiger partial charge in [-0.2, -0.15) is 0 Å². The van der Waals surface area contributed by atoms with Crippen LogP contribution >= 0.6 is 0 Å². The van der Waals surface area contributed by atoms with Gasteiger partial charge in [0, 0.05) is 12.8 Å². The van der Waals surface area contributed by atoms with Crippen LogP contribution in [0.25, 0.3) is 0 Å². The number of unbranched alkanes of at least 4 members (excludes halogenated alkanes) is 50. The van der Waals surface area contributed by atoms with Gasteiger partial charge in [-0.1, -0.05) is 334 Å². The molecule has 0 aromatic rings. The zero-order valence-electron chi connectivity index (χ0n) is 48.2. The Balaban J connectivity index is 3.33. The molecule has 0 aliphatic heterocycles. The number of allylic oxidation sites excluding steroid dienone is 1. The summed E-state index contributed by atoms with van der Waals surface area (Å²) in [6, 6.07) is -0.623. The number of hydrogen-bond donors (Lipinski definition) is 3. The molecule has 0 aliphatic rings. The van der Waals surface area contributed by atoms with Crippen molar-refractivity contribution in [2.45, 2.75) is 379 Å². The number of esters is 1. The van der Waals surface area contributed by atoms with Gasteiger partial charge in [-0.15, -0.1) is 0 Å². The fourth-order valence-corrected chi connectivity index (χ4v) is 10.3. The first-order valence-electron chi connectivity index (χ1n) is 32.5. The zero-order valence-corrected chi connectivity index (χ0v) is 48.2. The highest BCUT2D eigenvalue weighted by Crippen LogP contribution is 2.18. The van der Waals surface area contributed by atoms with E-state index in [2.05, 4.69) is 19.2 Å². The fraction of sp³-hybridized carbons (Fsp3) is 0.938. The number of carbonyl (C=O) groups excluding carboxylic acids is 2. The molecule has 422 valence electrons. The number of aliphatic hydroxyl groups is 2. The van der Waals surface area contributed by atoms with Gasteiger partial charge >= 0.3 is 5.97 Å². The summed E-state index contributed by atoms with van der Waals surface area (Å²) in [5, 5.41) is 23.1. The lowest BCUT2D eigenvalue weighted by atomic mass is 10.0. The first kappa shape index (κ1) is 69.6. The van der Waals surface area contributed by atoms with E-state index in [0.717, 1.165) is 38.5 Å².